The number of carbonyl (C=O) groups is 1. The quantitative estimate of drug-likeness (QED) is 0.435. The van der Waals surface area contributed by atoms with Gasteiger partial charge in [0, 0.05) is 30.1 Å². The van der Waals surface area contributed by atoms with Crippen LogP contribution in [-0.4, -0.2) is 33.0 Å². The molecule has 7 nitrogen and oxygen atoms in total. The van der Waals surface area contributed by atoms with Crippen LogP contribution in [0.25, 0.3) is 11.0 Å². The van der Waals surface area contributed by atoms with E-state index in [1.54, 1.807) is 23.7 Å². The van der Waals surface area contributed by atoms with Crippen LogP contribution in [0.4, 0.5) is 8.78 Å². The van der Waals surface area contributed by atoms with E-state index < -0.39 is 6.61 Å². The predicted molar refractivity (Wildman–Crippen MR) is 115 cm³/mol. The molecule has 0 spiro atoms. The van der Waals surface area contributed by atoms with Gasteiger partial charge in [-0.3, -0.25) is 9.48 Å². The number of nitrogens with zero attached hydrogens (tertiary/aromatic N) is 4. The zero-order valence-electron chi connectivity index (χ0n) is 17.8. The zero-order valence-corrected chi connectivity index (χ0v) is 17.8. The van der Waals surface area contributed by atoms with Gasteiger partial charge in [-0.2, -0.15) is 19.0 Å². The molecule has 32 heavy (non-hydrogen) atoms. The van der Waals surface area contributed by atoms with Crippen LogP contribution in [0.15, 0.2) is 35.4 Å². The largest absolute Gasteiger partial charge is 0.435 e. The molecule has 2 aromatic heterocycles. The second kappa shape index (κ2) is 7.96. The Labute approximate surface area is 183 Å². The normalized spacial score (nSPS) is 16.6. The fourth-order valence-corrected chi connectivity index (χ4v) is 3.86. The predicted octanol–water partition coefficient (Wildman–Crippen LogP) is 4.48. The number of fused-ring (bicyclic) bond motifs is 1. The Balaban J connectivity index is 1.46. The molecule has 2 saturated carbocycles. The van der Waals surface area contributed by atoms with E-state index in [1.807, 2.05) is 13.1 Å². The number of alkyl halides is 2. The maximum Gasteiger partial charge on any atom is 0.387 e. The molecule has 3 aromatic rings. The van der Waals surface area contributed by atoms with Crippen molar-refractivity contribution in [2.75, 3.05) is 0 Å². The number of amides is 1. The lowest BCUT2D eigenvalue weighted by molar-refractivity contribution is -0.0498. The van der Waals surface area contributed by atoms with Crippen LogP contribution in [-0.2, 0) is 7.05 Å². The van der Waals surface area contributed by atoms with Gasteiger partial charge in [0.05, 0.1) is 22.4 Å². The molecule has 1 N–H and O–H groups in total. The van der Waals surface area contributed by atoms with Crippen molar-refractivity contribution in [1.82, 2.24) is 20.2 Å². The van der Waals surface area contributed by atoms with Gasteiger partial charge in [-0.1, -0.05) is 12.1 Å². The summed E-state index contributed by atoms with van der Waals surface area (Å²) in [6, 6.07) is 8.08. The summed E-state index contributed by atoms with van der Waals surface area (Å²) in [5, 5.41) is 9.66. The molecule has 2 fully saturated rings. The first kappa shape index (κ1) is 20.5. The van der Waals surface area contributed by atoms with Crippen molar-refractivity contribution in [2.45, 2.75) is 51.1 Å². The summed E-state index contributed by atoms with van der Waals surface area (Å²) >= 11 is 0. The lowest BCUT2D eigenvalue weighted by atomic mass is 10.1. The molecule has 2 heterocycles. The number of nitrogens with one attached hydrogen (secondary N) is 1. The number of rotatable bonds is 7. The number of halogens is 2. The van der Waals surface area contributed by atoms with Crippen LogP contribution in [0.5, 0.6) is 5.75 Å². The third kappa shape index (κ3) is 4.06. The molecule has 0 bridgehead atoms. The molecule has 0 radical (unpaired) electrons. The van der Waals surface area contributed by atoms with Crippen LogP contribution in [0, 0.1) is 0 Å². The minimum Gasteiger partial charge on any atom is -0.435 e. The number of aryl methyl sites for hydroxylation is 1. The fourth-order valence-electron chi connectivity index (χ4n) is 3.86. The molecule has 1 aromatic carbocycles. The Bertz CT molecular complexity index is 1230. The summed E-state index contributed by atoms with van der Waals surface area (Å²) in [4.78, 5) is 18.0. The molecule has 2 aliphatic carbocycles. The van der Waals surface area contributed by atoms with Gasteiger partial charge in [-0.05, 0) is 50.8 Å². The van der Waals surface area contributed by atoms with E-state index in [0.717, 1.165) is 48.1 Å². The molecule has 9 heteroatoms. The highest BCUT2D eigenvalue weighted by atomic mass is 19.3. The summed E-state index contributed by atoms with van der Waals surface area (Å²) in [5.74, 6) is 0.441. The van der Waals surface area contributed by atoms with Gasteiger partial charge in [0.25, 0.3) is 5.91 Å². The molecule has 0 aliphatic heterocycles. The highest BCUT2D eigenvalue weighted by molar-refractivity contribution is 6.08. The summed E-state index contributed by atoms with van der Waals surface area (Å²) < 4.78 is 31.2. The van der Waals surface area contributed by atoms with Crippen molar-refractivity contribution in [3.63, 3.8) is 0 Å². The molecule has 2 aliphatic rings. The summed E-state index contributed by atoms with van der Waals surface area (Å²) in [6.07, 6.45) is 4.26. The van der Waals surface area contributed by atoms with Crippen molar-refractivity contribution >= 4 is 22.7 Å². The topological polar surface area (TPSA) is 81.4 Å². The number of aromatic nitrogens is 3. The monoisotopic (exact) mass is 439 g/mol. The average Bonchev–Trinajstić information content (AvgIpc) is 3.68. The maximum absolute atomic E-state index is 13.2. The molecular weight excluding hydrogens is 416 g/mol. The molecule has 5 rings (SSSR count). The van der Waals surface area contributed by atoms with Gasteiger partial charge in [0.2, 0.25) is 0 Å². The molecule has 0 atom stereocenters. The summed E-state index contributed by atoms with van der Waals surface area (Å²) in [6.45, 7) is -1.21. The third-order valence-electron chi connectivity index (χ3n) is 5.85. The van der Waals surface area contributed by atoms with E-state index in [1.165, 1.54) is 12.1 Å². The number of hydrazone groups is 1. The first-order valence-corrected chi connectivity index (χ1v) is 10.7. The van der Waals surface area contributed by atoms with Crippen molar-refractivity contribution in [1.29, 1.82) is 0 Å². The van der Waals surface area contributed by atoms with Crippen molar-refractivity contribution < 1.29 is 18.3 Å². The Morgan fingerprint density at radius 1 is 1.22 bits per heavy atom. The van der Waals surface area contributed by atoms with Crippen molar-refractivity contribution in [3.8, 4) is 5.75 Å². The second-order valence-electron chi connectivity index (χ2n) is 8.40. The third-order valence-corrected chi connectivity index (χ3v) is 5.85. The van der Waals surface area contributed by atoms with Gasteiger partial charge in [-0.15, -0.1) is 0 Å². The first-order valence-electron chi connectivity index (χ1n) is 10.7. The minimum atomic E-state index is -2.91. The van der Waals surface area contributed by atoms with Gasteiger partial charge >= 0.3 is 6.61 Å². The van der Waals surface area contributed by atoms with Crippen molar-refractivity contribution in [2.24, 2.45) is 12.1 Å². The Morgan fingerprint density at radius 3 is 2.66 bits per heavy atom. The Morgan fingerprint density at radius 2 is 1.97 bits per heavy atom. The maximum atomic E-state index is 13.2. The lowest BCUT2D eigenvalue weighted by Gasteiger charge is -2.09. The molecule has 0 saturated heterocycles. The van der Waals surface area contributed by atoms with Crippen molar-refractivity contribution in [3.05, 3.63) is 52.8 Å². The van der Waals surface area contributed by atoms with Gasteiger partial charge in [-0.25, -0.2) is 10.4 Å². The standard InChI is InChI=1S/C23H23F2N5O2/c1-12(15-4-3-5-16(10-15)32-23(24)25)27-28-22(31)17-11-18(13-6-7-13)26-21-19(17)20(14-8-9-14)29-30(21)2/h3-5,10-11,13-14,23H,6-9H2,1-2H3,(H,28,31). The molecule has 166 valence electrons. The number of hydrogen-bond donors (Lipinski definition) is 1. The van der Waals surface area contributed by atoms with Crippen LogP contribution in [0.1, 0.15) is 71.8 Å². The summed E-state index contributed by atoms with van der Waals surface area (Å²) in [7, 11) is 1.86. The van der Waals surface area contributed by atoms with E-state index >= 15 is 0 Å². The highest BCUT2D eigenvalue weighted by Crippen LogP contribution is 2.45. The number of benzene rings is 1. The van der Waals surface area contributed by atoms with Crippen LogP contribution < -0.4 is 10.2 Å². The van der Waals surface area contributed by atoms with E-state index in [9.17, 15) is 13.6 Å². The Kier molecular flexibility index (Phi) is 5.11. The molecule has 1 amide bonds. The molecule has 0 unspecified atom stereocenters. The van der Waals surface area contributed by atoms with E-state index in [-0.39, 0.29) is 11.7 Å². The van der Waals surface area contributed by atoms with Gasteiger partial charge < -0.3 is 4.74 Å². The minimum absolute atomic E-state index is 0.0349. The van der Waals surface area contributed by atoms with Crippen LogP contribution >= 0.6 is 0 Å². The fraction of sp³-hybridized carbons (Fsp3) is 0.391. The first-order chi connectivity index (χ1) is 15.4. The Hall–Kier alpha value is -3.36. The number of carbonyl (C=O) groups excluding carboxylic acids is 1. The zero-order chi connectivity index (χ0) is 22.4. The lowest BCUT2D eigenvalue weighted by Crippen LogP contribution is -2.20. The van der Waals surface area contributed by atoms with Gasteiger partial charge in [0.15, 0.2) is 5.65 Å². The summed E-state index contributed by atoms with van der Waals surface area (Å²) in [5.41, 5.74) is 6.74. The number of hydrogen-bond acceptors (Lipinski definition) is 5. The number of ether oxygens (including phenoxy) is 1. The van der Waals surface area contributed by atoms with E-state index in [2.05, 4.69) is 20.4 Å². The average molecular weight is 439 g/mol. The van der Waals surface area contributed by atoms with Crippen LogP contribution in [0.2, 0.25) is 0 Å². The van der Waals surface area contributed by atoms with Crippen LogP contribution in [0.3, 0.4) is 0 Å². The molecular formula is C23H23F2N5O2. The smallest absolute Gasteiger partial charge is 0.387 e. The number of pyridine rings is 1. The SMILES string of the molecule is CC(=NNC(=O)c1cc(C2CC2)nc2c1c(C1CC1)nn2C)c1cccc(OC(F)F)c1. The highest BCUT2D eigenvalue weighted by Gasteiger charge is 2.33. The van der Waals surface area contributed by atoms with E-state index in [0.29, 0.717) is 28.7 Å². The van der Waals surface area contributed by atoms with Gasteiger partial charge in [0.1, 0.15) is 5.75 Å². The second-order valence-corrected chi connectivity index (χ2v) is 8.40. The van der Waals surface area contributed by atoms with E-state index in [4.69, 9.17) is 4.98 Å².